The molecule has 0 fully saturated rings. The minimum absolute atomic E-state index is 0. The molecule has 56 valence electrons. The van der Waals surface area contributed by atoms with E-state index in [1.807, 2.05) is 0 Å². The zero-order valence-electron chi connectivity index (χ0n) is 5.92. The molecule has 1 aromatic rings. The minimum Gasteiger partial charge on any atom is -0.452 e. The summed E-state index contributed by atoms with van der Waals surface area (Å²) in [6, 6.07) is 0. The first-order valence-corrected chi connectivity index (χ1v) is 3.65. The third-order valence-corrected chi connectivity index (χ3v) is 2.10. The Labute approximate surface area is 79.1 Å². The second-order valence-electron chi connectivity index (χ2n) is 2.18. The minimum atomic E-state index is 0. The molecule has 0 atom stereocenters. The van der Waals surface area contributed by atoms with Gasteiger partial charge in [-0.3, -0.25) is 0 Å². The molecule has 4 heteroatoms. The van der Waals surface area contributed by atoms with E-state index in [0.29, 0.717) is 11.0 Å². The van der Waals surface area contributed by atoms with Crippen LogP contribution in [0.4, 0.5) is 5.13 Å². The van der Waals surface area contributed by atoms with E-state index in [9.17, 15) is 0 Å². The van der Waals surface area contributed by atoms with E-state index in [4.69, 9.17) is 5.73 Å². The number of nitrogens with zero attached hydrogens (tertiary/aromatic N) is 1. The Morgan fingerprint density at radius 3 is 2.40 bits per heavy atom. The maximum absolute atomic E-state index is 5.39. The van der Waals surface area contributed by atoms with Gasteiger partial charge in [-0.1, -0.05) is 18.7 Å². The van der Waals surface area contributed by atoms with Crippen LogP contribution in [-0.4, -0.2) is 4.98 Å². The van der Waals surface area contributed by atoms with Crippen LogP contribution in [0.25, 0.3) is 0 Å². The summed E-state index contributed by atoms with van der Waals surface area (Å²) >= 11 is 1.51. The summed E-state index contributed by atoms with van der Waals surface area (Å²) in [5.74, 6) is 0.500. The molecule has 1 rings (SSSR count). The van der Waals surface area contributed by atoms with Gasteiger partial charge in [0.25, 0.3) is 0 Å². The molecule has 2 N–H and O–H groups in total. The van der Waals surface area contributed by atoms with E-state index in [2.05, 4.69) is 25.0 Å². The Hall–Kier alpha value is 0.118. The molecule has 0 aromatic carbocycles. The fourth-order valence-corrected chi connectivity index (χ4v) is 1.16. The van der Waals surface area contributed by atoms with Crippen LogP contribution in [0, 0.1) is 6.20 Å². The monoisotopic (exact) mass is 325 g/mol. The first-order valence-electron chi connectivity index (χ1n) is 2.84. The van der Waals surface area contributed by atoms with Crippen molar-refractivity contribution in [2.75, 3.05) is 5.73 Å². The Morgan fingerprint density at radius 2 is 2.20 bits per heavy atom. The third kappa shape index (κ3) is 2.39. The summed E-state index contributed by atoms with van der Waals surface area (Å²) in [7, 11) is 0. The van der Waals surface area contributed by atoms with E-state index < -0.39 is 0 Å². The number of nitrogens with two attached hydrogens (primary N) is 1. The SMILES string of the molecule is CC(C)c1[c-]nc(N)s1.[W]. The quantitative estimate of drug-likeness (QED) is 0.798. The number of hydrogen-bond acceptors (Lipinski definition) is 3. The van der Waals surface area contributed by atoms with Crippen LogP contribution >= 0.6 is 11.3 Å². The summed E-state index contributed by atoms with van der Waals surface area (Å²) in [6.45, 7) is 4.20. The van der Waals surface area contributed by atoms with E-state index >= 15 is 0 Å². The Bertz CT molecular complexity index is 197. The molecule has 10 heavy (non-hydrogen) atoms. The van der Waals surface area contributed by atoms with Crippen LogP contribution in [0.15, 0.2) is 0 Å². The molecular formula is C6H9N2SW-. The van der Waals surface area contributed by atoms with Gasteiger partial charge in [0.2, 0.25) is 0 Å². The average molecular weight is 325 g/mol. The van der Waals surface area contributed by atoms with Gasteiger partial charge < -0.3 is 10.7 Å². The van der Waals surface area contributed by atoms with Crippen LogP contribution in [0.3, 0.4) is 0 Å². The van der Waals surface area contributed by atoms with Crippen LogP contribution in [-0.2, 0) is 21.1 Å². The molecule has 0 aliphatic rings. The fourth-order valence-electron chi connectivity index (χ4n) is 0.515. The number of aromatic nitrogens is 1. The molecule has 0 radical (unpaired) electrons. The molecule has 0 saturated carbocycles. The smallest absolute Gasteiger partial charge is 0.0212 e. The van der Waals surface area contributed by atoms with Gasteiger partial charge in [-0.25, -0.2) is 11.3 Å². The van der Waals surface area contributed by atoms with Gasteiger partial charge in [-0.15, -0.1) is 6.20 Å². The number of nitrogen functional groups attached to an aromatic ring is 1. The molecule has 0 unspecified atom stereocenters. The fraction of sp³-hybridized carbons (Fsp3) is 0.500. The molecule has 0 aliphatic carbocycles. The van der Waals surface area contributed by atoms with E-state index in [-0.39, 0.29) is 21.1 Å². The molecule has 0 bridgehead atoms. The second kappa shape index (κ2) is 4.09. The summed E-state index contributed by atoms with van der Waals surface area (Å²) in [5.41, 5.74) is 5.39. The largest absolute Gasteiger partial charge is 0.452 e. The molecule has 0 spiro atoms. The zero-order chi connectivity index (χ0) is 6.85. The molecule has 2 nitrogen and oxygen atoms in total. The van der Waals surface area contributed by atoms with Crippen molar-refractivity contribution in [2.45, 2.75) is 19.8 Å². The molecule has 1 aromatic heterocycles. The molecular weight excluding hydrogens is 316 g/mol. The normalized spacial score (nSPS) is 9.50. The van der Waals surface area contributed by atoms with Crippen LogP contribution < -0.4 is 5.73 Å². The van der Waals surface area contributed by atoms with Gasteiger partial charge in [0, 0.05) is 26.2 Å². The van der Waals surface area contributed by atoms with Gasteiger partial charge in [-0.05, 0) is 5.92 Å². The summed E-state index contributed by atoms with van der Waals surface area (Å²) in [5, 5.41) is 0.610. The van der Waals surface area contributed by atoms with Crippen molar-refractivity contribution >= 4 is 16.5 Å². The van der Waals surface area contributed by atoms with Gasteiger partial charge in [0.1, 0.15) is 0 Å². The average Bonchev–Trinajstić information content (AvgIpc) is 2.14. The van der Waals surface area contributed by atoms with E-state index in [1.165, 1.54) is 11.3 Å². The van der Waals surface area contributed by atoms with Crippen molar-refractivity contribution in [1.82, 2.24) is 4.98 Å². The number of hydrogen-bond donors (Lipinski definition) is 1. The van der Waals surface area contributed by atoms with Crippen molar-refractivity contribution in [3.8, 4) is 0 Å². The first-order chi connectivity index (χ1) is 4.20. The topological polar surface area (TPSA) is 38.9 Å². The molecule has 1 heterocycles. The van der Waals surface area contributed by atoms with Crippen molar-refractivity contribution in [1.29, 1.82) is 0 Å². The maximum atomic E-state index is 5.39. The Balaban J connectivity index is 0.000000810. The van der Waals surface area contributed by atoms with Crippen LogP contribution in [0.2, 0.25) is 0 Å². The zero-order valence-corrected chi connectivity index (χ0v) is 9.67. The predicted octanol–water partition coefficient (Wildman–Crippen LogP) is 1.65. The Kier molecular flexibility index (Phi) is 4.14. The van der Waals surface area contributed by atoms with Crippen LogP contribution in [0.1, 0.15) is 24.6 Å². The summed E-state index contributed by atoms with van der Waals surface area (Å²) < 4.78 is 0. The molecule has 0 amide bonds. The summed E-state index contributed by atoms with van der Waals surface area (Å²) in [6.07, 6.45) is 2.85. The van der Waals surface area contributed by atoms with Gasteiger partial charge in [0.05, 0.1) is 0 Å². The Morgan fingerprint density at radius 1 is 1.60 bits per heavy atom. The number of thiazole rings is 1. The van der Waals surface area contributed by atoms with Gasteiger partial charge >= 0.3 is 0 Å². The predicted molar refractivity (Wildman–Crippen MR) is 39.5 cm³/mol. The third-order valence-electron chi connectivity index (χ3n) is 1.02. The molecule has 0 aliphatic heterocycles. The molecule has 0 saturated heterocycles. The van der Waals surface area contributed by atoms with Crippen molar-refractivity contribution in [3.05, 3.63) is 11.1 Å². The van der Waals surface area contributed by atoms with E-state index in [0.717, 1.165) is 4.88 Å². The van der Waals surface area contributed by atoms with Crippen molar-refractivity contribution in [2.24, 2.45) is 0 Å². The maximum Gasteiger partial charge on any atom is 0.0212 e. The number of anilines is 1. The van der Waals surface area contributed by atoms with E-state index in [1.54, 1.807) is 0 Å². The van der Waals surface area contributed by atoms with Crippen molar-refractivity contribution in [3.63, 3.8) is 0 Å². The second-order valence-corrected chi connectivity index (χ2v) is 3.25. The van der Waals surface area contributed by atoms with Gasteiger partial charge in [-0.2, -0.15) is 0 Å². The number of rotatable bonds is 1. The standard InChI is InChI=1S/C6H9N2S.W/c1-4(2)5-3-8-6(7)9-5;/h4H,1-2H3,(H2,7,8);/q-1;. The van der Waals surface area contributed by atoms with Crippen LogP contribution in [0.5, 0.6) is 0 Å². The first kappa shape index (κ1) is 10.1. The summed E-state index contributed by atoms with van der Waals surface area (Å²) in [4.78, 5) is 4.94. The van der Waals surface area contributed by atoms with Crippen molar-refractivity contribution < 1.29 is 21.1 Å². The van der Waals surface area contributed by atoms with Gasteiger partial charge in [0.15, 0.2) is 0 Å².